The minimum atomic E-state index is -0.0880. The Kier molecular flexibility index (Phi) is 3.44. The molecule has 5 nitrogen and oxygen atoms in total. The molecule has 6 heteroatoms. The Morgan fingerprint density at radius 3 is 3.09 bits per heavy atom. The van der Waals surface area contributed by atoms with Gasteiger partial charge in [-0.1, -0.05) is 6.07 Å². The van der Waals surface area contributed by atoms with E-state index < -0.39 is 0 Å². The first kappa shape index (κ1) is 13.8. The Hall–Kier alpha value is -2.86. The van der Waals surface area contributed by atoms with Crippen LogP contribution in [0.25, 0.3) is 21.7 Å². The standard InChI is InChI=1S/C17H13N3O2S/c21-16(20-14-4-1-3-13-12(14)6-7-18-13)9-11-10-23-17(19-11)15-5-2-8-22-15/h1-8,10,18H,9H2,(H,20,21). The molecule has 0 saturated carbocycles. The van der Waals surface area contributed by atoms with Crippen molar-refractivity contribution in [2.75, 3.05) is 5.32 Å². The van der Waals surface area contributed by atoms with Crippen molar-refractivity contribution >= 4 is 33.8 Å². The molecule has 0 aliphatic rings. The Balaban J connectivity index is 1.49. The Labute approximate surface area is 136 Å². The fraction of sp³-hybridized carbons (Fsp3) is 0.0588. The number of nitrogens with zero attached hydrogens (tertiary/aromatic N) is 1. The molecule has 0 radical (unpaired) electrons. The fourth-order valence-corrected chi connectivity index (χ4v) is 3.24. The highest BCUT2D eigenvalue weighted by atomic mass is 32.1. The van der Waals surface area contributed by atoms with Gasteiger partial charge in [0.1, 0.15) is 0 Å². The van der Waals surface area contributed by atoms with E-state index in [1.54, 1.807) is 6.26 Å². The van der Waals surface area contributed by atoms with Crippen molar-refractivity contribution < 1.29 is 9.21 Å². The number of carbonyl (C=O) groups excluding carboxylic acids is 1. The molecular weight excluding hydrogens is 310 g/mol. The van der Waals surface area contributed by atoms with Gasteiger partial charge in [-0.2, -0.15) is 0 Å². The lowest BCUT2D eigenvalue weighted by atomic mass is 10.2. The van der Waals surface area contributed by atoms with E-state index in [4.69, 9.17) is 4.42 Å². The topological polar surface area (TPSA) is 70.9 Å². The summed E-state index contributed by atoms with van der Waals surface area (Å²) < 4.78 is 5.32. The van der Waals surface area contributed by atoms with Crippen LogP contribution in [0, 0.1) is 0 Å². The Bertz CT molecular complexity index is 953. The minimum absolute atomic E-state index is 0.0880. The van der Waals surface area contributed by atoms with Crippen LogP contribution in [0.1, 0.15) is 5.69 Å². The first-order chi connectivity index (χ1) is 11.3. The third kappa shape index (κ3) is 2.76. The number of hydrogen-bond acceptors (Lipinski definition) is 4. The molecule has 0 aliphatic carbocycles. The van der Waals surface area contributed by atoms with E-state index in [9.17, 15) is 4.79 Å². The monoisotopic (exact) mass is 323 g/mol. The molecule has 0 saturated heterocycles. The second kappa shape index (κ2) is 5.73. The van der Waals surface area contributed by atoms with E-state index in [-0.39, 0.29) is 12.3 Å². The number of carbonyl (C=O) groups is 1. The van der Waals surface area contributed by atoms with Gasteiger partial charge >= 0.3 is 0 Å². The number of nitrogens with one attached hydrogen (secondary N) is 2. The summed E-state index contributed by atoms with van der Waals surface area (Å²) in [4.78, 5) is 19.8. The van der Waals surface area contributed by atoms with Gasteiger partial charge < -0.3 is 14.7 Å². The maximum Gasteiger partial charge on any atom is 0.230 e. The number of H-pyrrole nitrogens is 1. The molecular formula is C17H13N3O2S. The summed E-state index contributed by atoms with van der Waals surface area (Å²) in [6.45, 7) is 0. The predicted molar refractivity (Wildman–Crippen MR) is 90.4 cm³/mol. The summed E-state index contributed by atoms with van der Waals surface area (Å²) in [5.74, 6) is 0.633. The van der Waals surface area contributed by atoms with E-state index in [2.05, 4.69) is 15.3 Å². The average molecular weight is 323 g/mol. The largest absolute Gasteiger partial charge is 0.462 e. The molecule has 114 valence electrons. The third-order valence-corrected chi connectivity index (χ3v) is 4.40. The van der Waals surface area contributed by atoms with Crippen LogP contribution in [-0.2, 0) is 11.2 Å². The van der Waals surface area contributed by atoms with Crippen molar-refractivity contribution in [2.24, 2.45) is 0 Å². The van der Waals surface area contributed by atoms with Crippen LogP contribution in [0.2, 0.25) is 0 Å². The zero-order valence-corrected chi connectivity index (χ0v) is 12.9. The summed E-state index contributed by atoms with van der Waals surface area (Å²) in [6.07, 6.45) is 3.70. The van der Waals surface area contributed by atoms with E-state index in [1.165, 1.54) is 11.3 Å². The van der Waals surface area contributed by atoms with Gasteiger partial charge in [0, 0.05) is 22.5 Å². The summed E-state index contributed by atoms with van der Waals surface area (Å²) in [5, 5.41) is 6.61. The van der Waals surface area contributed by atoms with Gasteiger partial charge in [-0.05, 0) is 30.3 Å². The number of rotatable bonds is 4. The lowest BCUT2D eigenvalue weighted by Crippen LogP contribution is -2.14. The minimum Gasteiger partial charge on any atom is -0.462 e. The first-order valence-corrected chi connectivity index (χ1v) is 8.02. The summed E-state index contributed by atoms with van der Waals surface area (Å²) in [6, 6.07) is 11.4. The normalized spacial score (nSPS) is 11.0. The number of aromatic nitrogens is 2. The van der Waals surface area contributed by atoms with Crippen molar-refractivity contribution in [2.45, 2.75) is 6.42 Å². The molecule has 23 heavy (non-hydrogen) atoms. The fourth-order valence-electron chi connectivity index (χ4n) is 2.45. The van der Waals surface area contributed by atoms with Crippen molar-refractivity contribution in [3.05, 3.63) is 59.9 Å². The summed E-state index contributed by atoms with van der Waals surface area (Å²) >= 11 is 1.47. The van der Waals surface area contributed by atoms with Gasteiger partial charge in [0.15, 0.2) is 10.8 Å². The van der Waals surface area contributed by atoms with Crippen molar-refractivity contribution in [3.8, 4) is 10.8 Å². The van der Waals surface area contributed by atoms with Crippen LogP contribution in [-0.4, -0.2) is 15.9 Å². The zero-order chi connectivity index (χ0) is 15.6. The van der Waals surface area contributed by atoms with Crippen LogP contribution in [0.5, 0.6) is 0 Å². The van der Waals surface area contributed by atoms with Crippen LogP contribution < -0.4 is 5.32 Å². The quantitative estimate of drug-likeness (QED) is 0.595. The maximum absolute atomic E-state index is 12.3. The smallest absolute Gasteiger partial charge is 0.230 e. The molecule has 0 unspecified atom stereocenters. The molecule has 0 aliphatic heterocycles. The average Bonchev–Trinajstić information content (AvgIpc) is 3.28. The molecule has 3 heterocycles. The number of furan rings is 1. The number of amides is 1. The van der Waals surface area contributed by atoms with Crippen LogP contribution >= 0.6 is 11.3 Å². The molecule has 1 aromatic carbocycles. The highest BCUT2D eigenvalue weighted by molar-refractivity contribution is 7.13. The van der Waals surface area contributed by atoms with Crippen LogP contribution in [0.3, 0.4) is 0 Å². The van der Waals surface area contributed by atoms with Gasteiger partial charge in [0.05, 0.1) is 24.1 Å². The highest BCUT2D eigenvalue weighted by Crippen LogP contribution is 2.25. The van der Waals surface area contributed by atoms with Gasteiger partial charge in [-0.25, -0.2) is 4.98 Å². The predicted octanol–water partition coefficient (Wildman–Crippen LogP) is 4.07. The number of hydrogen-bond donors (Lipinski definition) is 2. The van der Waals surface area contributed by atoms with E-state index in [1.807, 2.05) is 48.0 Å². The molecule has 0 bridgehead atoms. The lowest BCUT2D eigenvalue weighted by Gasteiger charge is -2.05. The SMILES string of the molecule is O=C(Cc1csc(-c2ccco2)n1)Nc1cccc2[nH]ccc12. The molecule has 4 aromatic rings. The second-order valence-corrected chi connectivity index (χ2v) is 5.95. The molecule has 4 rings (SSSR count). The molecule has 1 amide bonds. The van der Waals surface area contributed by atoms with E-state index in [0.717, 1.165) is 33.1 Å². The molecule has 2 N–H and O–H groups in total. The molecule has 0 fully saturated rings. The van der Waals surface area contributed by atoms with Gasteiger partial charge in [-0.15, -0.1) is 11.3 Å². The van der Waals surface area contributed by atoms with Gasteiger partial charge in [-0.3, -0.25) is 4.79 Å². The maximum atomic E-state index is 12.3. The van der Waals surface area contributed by atoms with Crippen molar-refractivity contribution in [1.29, 1.82) is 0 Å². The van der Waals surface area contributed by atoms with E-state index >= 15 is 0 Å². The van der Waals surface area contributed by atoms with E-state index in [0.29, 0.717) is 0 Å². The number of aromatic amines is 1. The third-order valence-electron chi connectivity index (χ3n) is 3.49. The number of thiazole rings is 1. The zero-order valence-electron chi connectivity index (χ0n) is 12.1. The van der Waals surface area contributed by atoms with Gasteiger partial charge in [0.2, 0.25) is 5.91 Å². The number of anilines is 1. The number of fused-ring (bicyclic) bond motifs is 1. The second-order valence-electron chi connectivity index (χ2n) is 5.09. The number of benzene rings is 1. The summed E-state index contributed by atoms with van der Waals surface area (Å²) in [7, 11) is 0. The van der Waals surface area contributed by atoms with Crippen LogP contribution in [0.4, 0.5) is 5.69 Å². The molecule has 3 aromatic heterocycles. The van der Waals surface area contributed by atoms with Crippen molar-refractivity contribution in [1.82, 2.24) is 9.97 Å². The molecule has 0 atom stereocenters. The van der Waals surface area contributed by atoms with Crippen LogP contribution in [0.15, 0.2) is 58.7 Å². The molecule has 0 spiro atoms. The first-order valence-electron chi connectivity index (χ1n) is 7.14. The van der Waals surface area contributed by atoms with Gasteiger partial charge in [0.25, 0.3) is 0 Å². The Morgan fingerprint density at radius 2 is 2.22 bits per heavy atom. The highest BCUT2D eigenvalue weighted by Gasteiger charge is 2.12. The Morgan fingerprint density at radius 1 is 1.26 bits per heavy atom. The summed E-state index contributed by atoms with van der Waals surface area (Å²) in [5.41, 5.74) is 2.53. The van der Waals surface area contributed by atoms with Crippen molar-refractivity contribution in [3.63, 3.8) is 0 Å². The lowest BCUT2D eigenvalue weighted by molar-refractivity contribution is -0.115.